The van der Waals surface area contributed by atoms with Crippen LogP contribution in [-0.4, -0.2) is 47.9 Å². The van der Waals surface area contributed by atoms with Crippen LogP contribution in [0.25, 0.3) is 0 Å². The SMILES string of the molecule is CCCNc1nc(NC(COCC)C(C)C)nc(OC)n1. The number of anilines is 2. The van der Waals surface area contributed by atoms with E-state index in [0.717, 1.165) is 13.0 Å². The van der Waals surface area contributed by atoms with E-state index in [-0.39, 0.29) is 6.04 Å². The number of methoxy groups -OCH3 is 1. The minimum atomic E-state index is 0.135. The van der Waals surface area contributed by atoms with Crippen molar-refractivity contribution in [3.63, 3.8) is 0 Å². The minimum absolute atomic E-state index is 0.135. The molecule has 0 fully saturated rings. The Bertz CT molecular complexity index is 414. The number of hydrogen-bond acceptors (Lipinski definition) is 7. The first-order chi connectivity index (χ1) is 10.1. The van der Waals surface area contributed by atoms with Gasteiger partial charge in [0, 0.05) is 13.2 Å². The highest BCUT2D eigenvalue weighted by atomic mass is 16.5. The molecule has 21 heavy (non-hydrogen) atoms. The molecule has 1 atom stereocenters. The standard InChI is InChI=1S/C14H27N5O2/c1-6-8-15-12-17-13(19-14(18-12)20-5)16-11(10(3)4)9-21-7-2/h10-11H,6-9H2,1-5H3,(H2,15,16,17,18,19). The molecule has 0 bridgehead atoms. The molecule has 0 aliphatic rings. The summed E-state index contributed by atoms with van der Waals surface area (Å²) in [5.74, 6) is 1.41. The van der Waals surface area contributed by atoms with Gasteiger partial charge in [-0.3, -0.25) is 0 Å². The van der Waals surface area contributed by atoms with Crippen molar-refractivity contribution in [2.75, 3.05) is 37.5 Å². The van der Waals surface area contributed by atoms with E-state index in [1.807, 2.05) is 6.92 Å². The lowest BCUT2D eigenvalue weighted by molar-refractivity contribution is 0.126. The van der Waals surface area contributed by atoms with E-state index in [1.54, 1.807) is 7.11 Å². The van der Waals surface area contributed by atoms with E-state index in [1.165, 1.54) is 0 Å². The molecule has 0 aromatic carbocycles. The fraction of sp³-hybridized carbons (Fsp3) is 0.786. The van der Waals surface area contributed by atoms with Gasteiger partial charge >= 0.3 is 6.01 Å². The summed E-state index contributed by atoms with van der Waals surface area (Å²) in [6.45, 7) is 10.4. The van der Waals surface area contributed by atoms with Crippen LogP contribution in [0.1, 0.15) is 34.1 Å². The summed E-state index contributed by atoms with van der Waals surface area (Å²) in [5.41, 5.74) is 0. The number of nitrogens with zero attached hydrogens (tertiary/aromatic N) is 3. The van der Waals surface area contributed by atoms with Gasteiger partial charge in [-0.2, -0.15) is 15.0 Å². The Balaban J connectivity index is 2.83. The predicted octanol–water partition coefficient (Wildman–Crippen LogP) is 2.18. The van der Waals surface area contributed by atoms with Gasteiger partial charge in [0.25, 0.3) is 0 Å². The minimum Gasteiger partial charge on any atom is -0.467 e. The molecule has 7 nitrogen and oxygen atoms in total. The fourth-order valence-electron chi connectivity index (χ4n) is 1.64. The molecule has 1 heterocycles. The molecular weight excluding hydrogens is 270 g/mol. The van der Waals surface area contributed by atoms with Crippen molar-refractivity contribution >= 4 is 11.9 Å². The average molecular weight is 297 g/mol. The van der Waals surface area contributed by atoms with Crippen molar-refractivity contribution in [3.8, 4) is 6.01 Å². The van der Waals surface area contributed by atoms with Crippen molar-refractivity contribution in [1.29, 1.82) is 0 Å². The molecule has 0 saturated carbocycles. The molecule has 0 aliphatic carbocycles. The van der Waals surface area contributed by atoms with Gasteiger partial charge in [0.1, 0.15) is 0 Å². The average Bonchev–Trinajstić information content (AvgIpc) is 2.48. The topological polar surface area (TPSA) is 81.2 Å². The first kappa shape index (κ1) is 17.4. The van der Waals surface area contributed by atoms with Gasteiger partial charge in [-0.05, 0) is 19.3 Å². The molecule has 0 spiro atoms. The summed E-state index contributed by atoms with van der Waals surface area (Å²) in [7, 11) is 1.54. The van der Waals surface area contributed by atoms with E-state index < -0.39 is 0 Å². The maximum atomic E-state index is 5.50. The first-order valence-electron chi connectivity index (χ1n) is 7.48. The van der Waals surface area contributed by atoms with Gasteiger partial charge in [0.2, 0.25) is 11.9 Å². The molecule has 0 amide bonds. The third kappa shape index (κ3) is 6.12. The van der Waals surface area contributed by atoms with Crippen LogP contribution in [0.4, 0.5) is 11.9 Å². The zero-order valence-corrected chi connectivity index (χ0v) is 13.6. The highest BCUT2D eigenvalue weighted by molar-refractivity contribution is 5.36. The monoisotopic (exact) mass is 297 g/mol. The second-order valence-corrected chi connectivity index (χ2v) is 5.05. The van der Waals surface area contributed by atoms with Crippen LogP contribution < -0.4 is 15.4 Å². The van der Waals surface area contributed by atoms with Gasteiger partial charge in [-0.25, -0.2) is 0 Å². The van der Waals surface area contributed by atoms with E-state index in [0.29, 0.717) is 37.0 Å². The van der Waals surface area contributed by atoms with E-state index in [2.05, 4.69) is 46.4 Å². The van der Waals surface area contributed by atoms with Crippen LogP contribution in [-0.2, 0) is 4.74 Å². The van der Waals surface area contributed by atoms with E-state index in [9.17, 15) is 0 Å². The smallest absolute Gasteiger partial charge is 0.322 e. The summed E-state index contributed by atoms with van der Waals surface area (Å²) in [6, 6.07) is 0.432. The van der Waals surface area contributed by atoms with Gasteiger partial charge < -0.3 is 20.1 Å². The van der Waals surface area contributed by atoms with Crippen molar-refractivity contribution in [3.05, 3.63) is 0 Å². The highest BCUT2D eigenvalue weighted by Crippen LogP contribution is 2.14. The molecule has 7 heteroatoms. The van der Waals surface area contributed by atoms with Crippen LogP contribution in [0.3, 0.4) is 0 Å². The second-order valence-electron chi connectivity index (χ2n) is 5.05. The molecule has 1 unspecified atom stereocenters. The molecule has 0 aliphatic heterocycles. The largest absolute Gasteiger partial charge is 0.467 e. The quantitative estimate of drug-likeness (QED) is 0.685. The number of rotatable bonds is 10. The van der Waals surface area contributed by atoms with Crippen LogP contribution in [0, 0.1) is 5.92 Å². The Kier molecular flexibility index (Phi) is 7.74. The Labute approximate surface area is 126 Å². The Hall–Kier alpha value is -1.63. The molecule has 2 N–H and O–H groups in total. The summed E-state index contributed by atoms with van der Waals surface area (Å²) in [5, 5.41) is 6.44. The highest BCUT2D eigenvalue weighted by Gasteiger charge is 2.16. The van der Waals surface area contributed by atoms with Crippen molar-refractivity contribution < 1.29 is 9.47 Å². The second kappa shape index (κ2) is 9.33. The van der Waals surface area contributed by atoms with Crippen LogP contribution in [0.2, 0.25) is 0 Å². The fourth-order valence-corrected chi connectivity index (χ4v) is 1.64. The Morgan fingerprint density at radius 2 is 1.81 bits per heavy atom. The van der Waals surface area contributed by atoms with Gasteiger partial charge in [0.05, 0.1) is 19.8 Å². The first-order valence-corrected chi connectivity index (χ1v) is 7.48. The number of hydrogen-bond donors (Lipinski definition) is 2. The van der Waals surface area contributed by atoms with Gasteiger partial charge in [-0.15, -0.1) is 0 Å². The van der Waals surface area contributed by atoms with Gasteiger partial charge in [-0.1, -0.05) is 20.8 Å². The third-order valence-corrected chi connectivity index (χ3v) is 2.95. The van der Waals surface area contributed by atoms with Crippen LogP contribution >= 0.6 is 0 Å². The lowest BCUT2D eigenvalue weighted by atomic mass is 10.1. The van der Waals surface area contributed by atoms with Gasteiger partial charge in [0.15, 0.2) is 0 Å². The van der Waals surface area contributed by atoms with Crippen LogP contribution in [0.5, 0.6) is 6.01 Å². The Morgan fingerprint density at radius 3 is 2.38 bits per heavy atom. The molecule has 0 radical (unpaired) electrons. The normalized spacial score (nSPS) is 12.3. The van der Waals surface area contributed by atoms with Crippen molar-refractivity contribution in [1.82, 2.24) is 15.0 Å². The molecule has 1 aromatic rings. The summed E-state index contributed by atoms with van der Waals surface area (Å²) in [6.07, 6.45) is 0.996. The maximum absolute atomic E-state index is 5.50. The molecule has 0 saturated heterocycles. The van der Waals surface area contributed by atoms with Crippen LogP contribution in [0.15, 0.2) is 0 Å². The lowest BCUT2D eigenvalue weighted by Crippen LogP contribution is -2.32. The molecule has 120 valence electrons. The number of ether oxygens (including phenoxy) is 2. The maximum Gasteiger partial charge on any atom is 0.322 e. The summed E-state index contributed by atoms with van der Waals surface area (Å²) < 4.78 is 10.6. The lowest BCUT2D eigenvalue weighted by Gasteiger charge is -2.22. The molecule has 1 rings (SSSR count). The summed E-state index contributed by atoms with van der Waals surface area (Å²) in [4.78, 5) is 12.8. The molecular formula is C14H27N5O2. The van der Waals surface area contributed by atoms with Crippen molar-refractivity contribution in [2.45, 2.75) is 40.2 Å². The van der Waals surface area contributed by atoms with E-state index in [4.69, 9.17) is 9.47 Å². The predicted molar refractivity (Wildman–Crippen MR) is 83.9 cm³/mol. The summed E-state index contributed by atoms with van der Waals surface area (Å²) >= 11 is 0. The molecule has 1 aromatic heterocycles. The Morgan fingerprint density at radius 1 is 1.10 bits per heavy atom. The van der Waals surface area contributed by atoms with Crippen molar-refractivity contribution in [2.24, 2.45) is 5.92 Å². The third-order valence-electron chi connectivity index (χ3n) is 2.95. The zero-order valence-electron chi connectivity index (χ0n) is 13.6. The number of nitrogens with one attached hydrogen (secondary N) is 2. The zero-order chi connectivity index (χ0) is 15.7. The number of aromatic nitrogens is 3. The van der Waals surface area contributed by atoms with E-state index >= 15 is 0 Å².